The predicted octanol–water partition coefficient (Wildman–Crippen LogP) is 1.38. The van der Waals surface area contributed by atoms with Gasteiger partial charge in [-0.1, -0.05) is 6.92 Å². The Hall–Kier alpha value is -1.85. The molecular weight excluding hydrogens is 246 g/mol. The summed E-state index contributed by atoms with van der Waals surface area (Å²) in [5, 5.41) is 4.26. The maximum absolute atomic E-state index is 12.0. The summed E-state index contributed by atoms with van der Waals surface area (Å²) in [4.78, 5) is 25.2. The van der Waals surface area contributed by atoms with Crippen molar-refractivity contribution in [2.45, 2.75) is 32.7 Å². The second kappa shape index (κ2) is 5.42. The van der Waals surface area contributed by atoms with Gasteiger partial charge in [0.25, 0.3) is 0 Å². The van der Waals surface area contributed by atoms with Crippen molar-refractivity contribution in [1.82, 2.24) is 9.78 Å². The SMILES string of the molecule is CCC(C)n1nccc1N1CC(C(=O)OC)CC1=O. The molecule has 2 rings (SSSR count). The van der Waals surface area contributed by atoms with E-state index in [1.54, 1.807) is 11.1 Å². The van der Waals surface area contributed by atoms with Crippen LogP contribution in [0.5, 0.6) is 0 Å². The zero-order valence-corrected chi connectivity index (χ0v) is 11.5. The molecule has 1 aromatic heterocycles. The zero-order chi connectivity index (χ0) is 14.0. The van der Waals surface area contributed by atoms with Gasteiger partial charge in [0.2, 0.25) is 5.91 Å². The first-order chi connectivity index (χ1) is 9.08. The molecule has 104 valence electrons. The molecule has 2 heterocycles. The second-order valence-electron chi connectivity index (χ2n) is 4.82. The molecule has 0 saturated carbocycles. The van der Waals surface area contributed by atoms with E-state index in [1.165, 1.54) is 7.11 Å². The molecule has 2 unspecified atom stereocenters. The number of carbonyl (C=O) groups excluding carboxylic acids is 2. The number of nitrogens with zero attached hydrogens (tertiary/aromatic N) is 3. The maximum Gasteiger partial charge on any atom is 0.311 e. The minimum absolute atomic E-state index is 0.0551. The Morgan fingerprint density at radius 1 is 1.63 bits per heavy atom. The first-order valence-electron chi connectivity index (χ1n) is 6.50. The number of anilines is 1. The molecule has 0 radical (unpaired) electrons. The third-order valence-corrected chi connectivity index (χ3v) is 3.59. The van der Waals surface area contributed by atoms with Gasteiger partial charge in [-0.2, -0.15) is 5.10 Å². The molecule has 1 aliphatic rings. The lowest BCUT2D eigenvalue weighted by atomic mass is 10.1. The summed E-state index contributed by atoms with van der Waals surface area (Å²) < 4.78 is 6.54. The van der Waals surface area contributed by atoms with Crippen LogP contribution in [-0.4, -0.2) is 35.3 Å². The number of methoxy groups -OCH3 is 1. The summed E-state index contributed by atoms with van der Waals surface area (Å²) in [6, 6.07) is 2.03. The molecule has 0 aliphatic carbocycles. The average Bonchev–Trinajstić information content (AvgIpc) is 3.02. The minimum atomic E-state index is -0.377. The van der Waals surface area contributed by atoms with Crippen molar-refractivity contribution in [3.05, 3.63) is 12.3 Å². The van der Waals surface area contributed by atoms with E-state index in [1.807, 2.05) is 10.7 Å². The van der Waals surface area contributed by atoms with E-state index in [4.69, 9.17) is 4.74 Å². The monoisotopic (exact) mass is 265 g/mol. The van der Waals surface area contributed by atoms with Crippen molar-refractivity contribution in [1.29, 1.82) is 0 Å². The van der Waals surface area contributed by atoms with Crippen LogP contribution in [0.1, 0.15) is 32.7 Å². The van der Waals surface area contributed by atoms with E-state index in [0.29, 0.717) is 6.54 Å². The molecule has 1 aromatic rings. The largest absolute Gasteiger partial charge is 0.469 e. The van der Waals surface area contributed by atoms with E-state index >= 15 is 0 Å². The summed E-state index contributed by atoms with van der Waals surface area (Å²) in [5.41, 5.74) is 0. The van der Waals surface area contributed by atoms with Gasteiger partial charge in [-0.25, -0.2) is 4.68 Å². The first-order valence-corrected chi connectivity index (χ1v) is 6.50. The number of hydrogen-bond donors (Lipinski definition) is 0. The summed E-state index contributed by atoms with van der Waals surface area (Å²) in [6.45, 7) is 4.49. The first kappa shape index (κ1) is 13.6. The molecule has 1 saturated heterocycles. The average molecular weight is 265 g/mol. The van der Waals surface area contributed by atoms with E-state index in [2.05, 4.69) is 18.9 Å². The molecule has 0 bridgehead atoms. The van der Waals surface area contributed by atoms with Crippen molar-refractivity contribution in [3.8, 4) is 0 Å². The normalized spacial score (nSPS) is 20.7. The van der Waals surface area contributed by atoms with Gasteiger partial charge in [-0.15, -0.1) is 0 Å². The van der Waals surface area contributed by atoms with Crippen LogP contribution in [-0.2, 0) is 14.3 Å². The number of aromatic nitrogens is 2. The molecule has 1 aliphatic heterocycles. The molecule has 19 heavy (non-hydrogen) atoms. The van der Waals surface area contributed by atoms with Crippen LogP contribution in [0.4, 0.5) is 5.82 Å². The molecular formula is C13H19N3O3. The molecule has 0 spiro atoms. The van der Waals surface area contributed by atoms with E-state index in [-0.39, 0.29) is 30.3 Å². The summed E-state index contributed by atoms with van der Waals surface area (Å²) in [5.74, 6) is -0.00514. The van der Waals surface area contributed by atoms with Crippen LogP contribution >= 0.6 is 0 Å². The third-order valence-electron chi connectivity index (χ3n) is 3.59. The molecule has 6 nitrogen and oxygen atoms in total. The van der Waals surface area contributed by atoms with Gasteiger partial charge < -0.3 is 4.74 Å². The molecule has 1 fully saturated rings. The molecule has 6 heteroatoms. The fraction of sp³-hybridized carbons (Fsp3) is 0.615. The Labute approximate surface area is 112 Å². The Balaban J connectivity index is 2.21. The van der Waals surface area contributed by atoms with Crippen LogP contribution in [0.25, 0.3) is 0 Å². The van der Waals surface area contributed by atoms with Crippen molar-refractivity contribution < 1.29 is 14.3 Å². The van der Waals surface area contributed by atoms with Crippen molar-refractivity contribution in [3.63, 3.8) is 0 Å². The summed E-state index contributed by atoms with van der Waals surface area (Å²) in [7, 11) is 1.35. The number of esters is 1. The Morgan fingerprint density at radius 2 is 2.37 bits per heavy atom. The van der Waals surface area contributed by atoms with Crippen molar-refractivity contribution in [2.24, 2.45) is 5.92 Å². The van der Waals surface area contributed by atoms with E-state index < -0.39 is 0 Å². The Morgan fingerprint density at radius 3 is 3.00 bits per heavy atom. The fourth-order valence-electron chi connectivity index (χ4n) is 2.29. The van der Waals surface area contributed by atoms with Crippen molar-refractivity contribution in [2.75, 3.05) is 18.6 Å². The Kier molecular flexibility index (Phi) is 3.87. The van der Waals surface area contributed by atoms with Gasteiger partial charge >= 0.3 is 5.97 Å². The lowest BCUT2D eigenvalue weighted by molar-refractivity contribution is -0.145. The number of ether oxygens (including phenoxy) is 1. The van der Waals surface area contributed by atoms with Gasteiger partial charge in [0.15, 0.2) is 0 Å². The Bertz CT molecular complexity index is 483. The van der Waals surface area contributed by atoms with Gasteiger partial charge in [-0.05, 0) is 13.3 Å². The summed E-state index contributed by atoms with van der Waals surface area (Å²) >= 11 is 0. The lowest BCUT2D eigenvalue weighted by Crippen LogP contribution is -2.29. The lowest BCUT2D eigenvalue weighted by Gasteiger charge is -2.20. The van der Waals surface area contributed by atoms with Crippen molar-refractivity contribution >= 4 is 17.7 Å². The van der Waals surface area contributed by atoms with Gasteiger partial charge in [0, 0.05) is 19.0 Å². The molecule has 0 aromatic carbocycles. The van der Waals surface area contributed by atoms with Gasteiger partial charge in [0.1, 0.15) is 5.82 Å². The zero-order valence-electron chi connectivity index (χ0n) is 11.5. The topological polar surface area (TPSA) is 64.4 Å². The quantitative estimate of drug-likeness (QED) is 0.771. The van der Waals surface area contributed by atoms with E-state index in [9.17, 15) is 9.59 Å². The van der Waals surface area contributed by atoms with Crippen LogP contribution < -0.4 is 4.90 Å². The highest BCUT2D eigenvalue weighted by Crippen LogP contribution is 2.28. The van der Waals surface area contributed by atoms with Gasteiger partial charge in [-0.3, -0.25) is 14.5 Å². The van der Waals surface area contributed by atoms with Crippen LogP contribution in [0.15, 0.2) is 12.3 Å². The standard InChI is InChI=1S/C13H19N3O3/c1-4-9(2)16-11(5-6-14-16)15-8-10(7-12(15)17)13(18)19-3/h5-6,9-10H,4,7-8H2,1-3H3. The van der Waals surface area contributed by atoms with Crippen LogP contribution in [0, 0.1) is 5.92 Å². The molecule has 1 amide bonds. The highest BCUT2D eigenvalue weighted by molar-refractivity contribution is 5.98. The molecule has 0 N–H and O–H groups in total. The highest BCUT2D eigenvalue weighted by atomic mass is 16.5. The third kappa shape index (κ3) is 2.47. The summed E-state index contributed by atoms with van der Waals surface area (Å²) in [6.07, 6.45) is 2.82. The number of rotatable bonds is 4. The molecule has 2 atom stereocenters. The number of carbonyl (C=O) groups is 2. The number of hydrogen-bond acceptors (Lipinski definition) is 4. The fourth-order valence-corrected chi connectivity index (χ4v) is 2.29. The maximum atomic E-state index is 12.0. The van der Waals surface area contributed by atoms with Crippen LogP contribution in [0.2, 0.25) is 0 Å². The second-order valence-corrected chi connectivity index (χ2v) is 4.82. The van der Waals surface area contributed by atoms with E-state index in [0.717, 1.165) is 12.2 Å². The minimum Gasteiger partial charge on any atom is -0.469 e. The highest BCUT2D eigenvalue weighted by Gasteiger charge is 2.37. The van der Waals surface area contributed by atoms with Crippen LogP contribution in [0.3, 0.4) is 0 Å². The smallest absolute Gasteiger partial charge is 0.311 e. The number of amides is 1. The predicted molar refractivity (Wildman–Crippen MR) is 69.7 cm³/mol. The van der Waals surface area contributed by atoms with Gasteiger partial charge in [0.05, 0.1) is 25.3 Å².